The number of nitrogens with one attached hydrogen (secondary N) is 1. The molecule has 1 aromatic carbocycles. The van der Waals surface area contributed by atoms with E-state index in [-0.39, 0.29) is 17.6 Å². The van der Waals surface area contributed by atoms with Crippen molar-refractivity contribution in [3.05, 3.63) is 28.8 Å². The Kier molecular flexibility index (Phi) is 4.33. The second-order valence-corrected chi connectivity index (χ2v) is 7.12. The Morgan fingerprint density at radius 1 is 1.41 bits per heavy atom. The zero-order valence-electron chi connectivity index (χ0n) is 12.9. The van der Waals surface area contributed by atoms with Crippen LogP contribution in [0.1, 0.15) is 37.7 Å². The van der Waals surface area contributed by atoms with Crippen LogP contribution in [0.2, 0.25) is 5.02 Å². The lowest BCUT2D eigenvalue weighted by molar-refractivity contribution is 0.00400. The van der Waals surface area contributed by atoms with Crippen molar-refractivity contribution in [1.29, 1.82) is 0 Å². The van der Waals surface area contributed by atoms with E-state index in [4.69, 9.17) is 11.6 Å². The standard InChI is InChI=1S/C17H23ClN2O2/c1-12-5-6-13(18)10-14(12)19-16(22)20-9-3-8-17(11-20)7-2-4-15(17)21/h5-6,10,15,21H,2-4,7-9,11H2,1H3,(H,19,22)/t15-,17-/m1/s1. The lowest BCUT2D eigenvalue weighted by Gasteiger charge is -2.42. The Morgan fingerprint density at radius 3 is 2.91 bits per heavy atom. The van der Waals surface area contributed by atoms with Crippen LogP contribution >= 0.6 is 11.6 Å². The Labute approximate surface area is 136 Å². The Morgan fingerprint density at radius 2 is 2.18 bits per heavy atom. The van der Waals surface area contributed by atoms with Gasteiger partial charge in [-0.3, -0.25) is 0 Å². The minimum Gasteiger partial charge on any atom is -0.392 e. The van der Waals surface area contributed by atoms with Gasteiger partial charge in [-0.15, -0.1) is 0 Å². The molecule has 5 heteroatoms. The molecule has 2 aliphatic rings. The number of carbonyl (C=O) groups is 1. The summed E-state index contributed by atoms with van der Waals surface area (Å²) in [7, 11) is 0. The van der Waals surface area contributed by atoms with Crippen molar-refractivity contribution in [2.45, 2.75) is 45.1 Å². The lowest BCUT2D eigenvalue weighted by Crippen LogP contribution is -2.50. The first-order chi connectivity index (χ1) is 10.5. The molecule has 2 atom stereocenters. The third kappa shape index (κ3) is 2.95. The van der Waals surface area contributed by atoms with Crippen LogP contribution in [0.3, 0.4) is 0 Å². The van der Waals surface area contributed by atoms with Crippen LogP contribution in [-0.2, 0) is 0 Å². The molecule has 1 saturated heterocycles. The van der Waals surface area contributed by atoms with Crippen LogP contribution < -0.4 is 5.32 Å². The number of likely N-dealkylation sites (tertiary alicyclic amines) is 1. The number of aliphatic hydroxyl groups excluding tert-OH is 1. The topological polar surface area (TPSA) is 52.6 Å². The van der Waals surface area contributed by atoms with Crippen LogP contribution in [-0.4, -0.2) is 35.2 Å². The van der Waals surface area contributed by atoms with E-state index in [1.54, 1.807) is 6.07 Å². The van der Waals surface area contributed by atoms with Crippen LogP contribution in [0.4, 0.5) is 10.5 Å². The average molecular weight is 323 g/mol. The molecular formula is C17H23ClN2O2. The Bertz CT molecular complexity index is 578. The van der Waals surface area contributed by atoms with Crippen molar-refractivity contribution in [3.8, 4) is 0 Å². The molecule has 1 heterocycles. The molecule has 1 spiro atoms. The second kappa shape index (κ2) is 6.09. The zero-order chi connectivity index (χ0) is 15.7. The first-order valence-electron chi connectivity index (χ1n) is 8.00. The first kappa shape index (κ1) is 15.6. The number of piperidine rings is 1. The highest BCUT2D eigenvalue weighted by atomic mass is 35.5. The fraction of sp³-hybridized carbons (Fsp3) is 0.588. The molecule has 1 aliphatic carbocycles. The van der Waals surface area contributed by atoms with Gasteiger partial charge in [0.1, 0.15) is 0 Å². The predicted octanol–water partition coefficient (Wildman–Crippen LogP) is 3.81. The molecule has 2 fully saturated rings. The van der Waals surface area contributed by atoms with Gasteiger partial charge < -0.3 is 15.3 Å². The van der Waals surface area contributed by atoms with Gasteiger partial charge in [0, 0.05) is 29.2 Å². The Hall–Kier alpha value is -1.26. The molecule has 2 N–H and O–H groups in total. The molecule has 120 valence electrons. The number of carbonyl (C=O) groups excluding carboxylic acids is 1. The van der Waals surface area contributed by atoms with Crippen LogP contribution in [0, 0.1) is 12.3 Å². The van der Waals surface area contributed by atoms with Crippen molar-refractivity contribution >= 4 is 23.3 Å². The van der Waals surface area contributed by atoms with E-state index in [9.17, 15) is 9.90 Å². The zero-order valence-corrected chi connectivity index (χ0v) is 13.7. The predicted molar refractivity (Wildman–Crippen MR) is 88.3 cm³/mol. The fourth-order valence-corrected chi connectivity index (χ4v) is 4.03. The third-order valence-corrected chi connectivity index (χ3v) is 5.43. The van der Waals surface area contributed by atoms with E-state index in [0.29, 0.717) is 11.6 Å². The van der Waals surface area contributed by atoms with E-state index in [0.717, 1.165) is 49.9 Å². The highest BCUT2D eigenvalue weighted by Crippen LogP contribution is 2.45. The monoisotopic (exact) mass is 322 g/mol. The number of rotatable bonds is 1. The molecule has 4 nitrogen and oxygen atoms in total. The molecule has 1 saturated carbocycles. The molecule has 3 rings (SSSR count). The largest absolute Gasteiger partial charge is 0.392 e. The summed E-state index contributed by atoms with van der Waals surface area (Å²) in [5.41, 5.74) is 1.66. The van der Waals surface area contributed by atoms with Crippen molar-refractivity contribution < 1.29 is 9.90 Å². The summed E-state index contributed by atoms with van der Waals surface area (Å²) < 4.78 is 0. The van der Waals surface area contributed by atoms with Gasteiger partial charge in [0.05, 0.1) is 6.10 Å². The normalized spacial score (nSPS) is 28.1. The minimum atomic E-state index is -0.268. The van der Waals surface area contributed by atoms with Gasteiger partial charge in [-0.2, -0.15) is 0 Å². The summed E-state index contributed by atoms with van der Waals surface area (Å²) in [6.07, 6.45) is 4.66. The smallest absolute Gasteiger partial charge is 0.321 e. The maximum Gasteiger partial charge on any atom is 0.321 e. The van der Waals surface area contributed by atoms with Crippen molar-refractivity contribution in [3.63, 3.8) is 0 Å². The number of hydrogen-bond donors (Lipinski definition) is 2. The Balaban J connectivity index is 1.71. The molecule has 1 aliphatic heterocycles. The number of anilines is 1. The average Bonchev–Trinajstić information content (AvgIpc) is 2.83. The van der Waals surface area contributed by atoms with Crippen molar-refractivity contribution in [1.82, 2.24) is 4.90 Å². The number of aryl methyl sites for hydroxylation is 1. The number of hydrogen-bond acceptors (Lipinski definition) is 2. The van der Waals surface area contributed by atoms with Gasteiger partial charge in [-0.1, -0.05) is 24.1 Å². The minimum absolute atomic E-state index is 0.0844. The number of halogens is 1. The molecule has 0 unspecified atom stereocenters. The highest BCUT2D eigenvalue weighted by molar-refractivity contribution is 6.31. The molecule has 0 bridgehead atoms. The number of aliphatic hydroxyl groups is 1. The molecule has 2 amide bonds. The SMILES string of the molecule is Cc1ccc(Cl)cc1NC(=O)N1CCC[C@]2(CCC[C@H]2O)C1. The number of nitrogens with zero attached hydrogens (tertiary/aromatic N) is 1. The maximum absolute atomic E-state index is 12.6. The van der Waals surface area contributed by atoms with Gasteiger partial charge in [-0.05, 0) is 50.3 Å². The number of urea groups is 1. The number of amides is 2. The molecule has 22 heavy (non-hydrogen) atoms. The van der Waals surface area contributed by atoms with E-state index in [2.05, 4.69) is 5.32 Å². The third-order valence-electron chi connectivity index (χ3n) is 5.20. The lowest BCUT2D eigenvalue weighted by atomic mass is 9.77. The summed E-state index contributed by atoms with van der Waals surface area (Å²) >= 11 is 6.01. The second-order valence-electron chi connectivity index (χ2n) is 6.68. The molecule has 1 aromatic rings. The van der Waals surface area contributed by atoms with Gasteiger partial charge in [0.25, 0.3) is 0 Å². The summed E-state index contributed by atoms with van der Waals surface area (Å²) in [5, 5.41) is 13.9. The fourth-order valence-electron chi connectivity index (χ4n) is 3.85. The van der Waals surface area contributed by atoms with Gasteiger partial charge in [0.15, 0.2) is 0 Å². The number of benzene rings is 1. The summed E-state index contributed by atoms with van der Waals surface area (Å²) in [6.45, 7) is 3.35. The maximum atomic E-state index is 12.6. The summed E-state index contributed by atoms with van der Waals surface area (Å²) in [5.74, 6) is 0. The molecule has 0 aromatic heterocycles. The van der Waals surface area contributed by atoms with E-state index in [1.165, 1.54) is 0 Å². The quantitative estimate of drug-likeness (QED) is 0.826. The highest BCUT2D eigenvalue weighted by Gasteiger charge is 2.45. The van der Waals surface area contributed by atoms with Gasteiger partial charge in [-0.25, -0.2) is 4.79 Å². The van der Waals surface area contributed by atoms with E-state index in [1.807, 2.05) is 24.0 Å². The van der Waals surface area contributed by atoms with Gasteiger partial charge >= 0.3 is 6.03 Å². The van der Waals surface area contributed by atoms with Crippen LogP contribution in [0.25, 0.3) is 0 Å². The molecular weight excluding hydrogens is 300 g/mol. The first-order valence-corrected chi connectivity index (χ1v) is 8.38. The van der Waals surface area contributed by atoms with Crippen molar-refractivity contribution in [2.75, 3.05) is 18.4 Å². The van der Waals surface area contributed by atoms with Gasteiger partial charge in [0.2, 0.25) is 0 Å². The van der Waals surface area contributed by atoms with E-state index < -0.39 is 0 Å². The molecule has 0 radical (unpaired) electrons. The van der Waals surface area contributed by atoms with Crippen molar-refractivity contribution in [2.24, 2.45) is 5.41 Å². The summed E-state index contributed by atoms with van der Waals surface area (Å²) in [6, 6.07) is 5.40. The summed E-state index contributed by atoms with van der Waals surface area (Å²) in [4.78, 5) is 14.4. The van der Waals surface area contributed by atoms with E-state index >= 15 is 0 Å². The van der Waals surface area contributed by atoms with Crippen LogP contribution in [0.5, 0.6) is 0 Å². The van der Waals surface area contributed by atoms with Crippen LogP contribution in [0.15, 0.2) is 18.2 Å².